The molecule has 1 unspecified atom stereocenters. The Balaban J connectivity index is 2.80. The quantitative estimate of drug-likeness (QED) is 0.453. The van der Waals surface area contributed by atoms with Gasteiger partial charge in [-0.2, -0.15) is 0 Å². The first-order chi connectivity index (χ1) is 9.50. The van der Waals surface area contributed by atoms with E-state index in [0.717, 1.165) is 5.56 Å². The van der Waals surface area contributed by atoms with E-state index in [0.29, 0.717) is 0 Å². The van der Waals surface area contributed by atoms with Crippen LogP contribution in [0.3, 0.4) is 0 Å². The fourth-order valence-corrected chi connectivity index (χ4v) is 1.63. The van der Waals surface area contributed by atoms with E-state index in [4.69, 9.17) is 4.74 Å². The monoisotopic (exact) mass is 272 g/mol. The van der Waals surface area contributed by atoms with Gasteiger partial charge in [0.1, 0.15) is 11.2 Å². The van der Waals surface area contributed by atoms with Gasteiger partial charge >= 0.3 is 5.97 Å². The summed E-state index contributed by atoms with van der Waals surface area (Å²) in [6, 6.07) is 9.72. The van der Waals surface area contributed by atoms with Crippen LogP contribution < -0.4 is 0 Å². The normalized spacial score (nSPS) is 12.8. The van der Waals surface area contributed by atoms with Gasteiger partial charge in [0.05, 0.1) is 6.61 Å². The summed E-state index contributed by atoms with van der Waals surface area (Å²) in [5, 5.41) is 0. The molecule has 0 fully saturated rings. The zero-order valence-corrected chi connectivity index (χ0v) is 12.2. The van der Waals surface area contributed by atoms with Crippen molar-refractivity contribution >= 4 is 17.8 Å². The zero-order chi connectivity index (χ0) is 15.0. The van der Waals surface area contributed by atoms with Crippen molar-refractivity contribution in [2.24, 2.45) is 5.41 Å². The highest BCUT2D eigenvalue weighted by atomic mass is 16.5. The number of ketones is 1. The third-order valence-electron chi connectivity index (χ3n) is 3.18. The summed E-state index contributed by atoms with van der Waals surface area (Å²) in [4.78, 5) is 23.6. The van der Waals surface area contributed by atoms with Crippen molar-refractivity contribution < 1.29 is 14.3 Å². The smallest absolute Gasteiger partial charge is 0.319 e. The lowest BCUT2D eigenvalue weighted by molar-refractivity contribution is -0.158. The number of carbonyl (C=O) groups is 2. The molecule has 0 saturated heterocycles. The first-order valence-corrected chi connectivity index (χ1v) is 6.65. The van der Waals surface area contributed by atoms with Crippen LogP contribution in [0.4, 0.5) is 0 Å². The second kappa shape index (κ2) is 7.46. The van der Waals surface area contributed by atoms with Crippen LogP contribution >= 0.6 is 0 Å². The molecule has 0 aliphatic heterocycles. The Labute approximate surface area is 120 Å². The molecule has 0 aromatic heterocycles. The van der Waals surface area contributed by atoms with Gasteiger partial charge in [0.2, 0.25) is 0 Å². The van der Waals surface area contributed by atoms with E-state index in [-0.39, 0.29) is 18.8 Å². The molecule has 1 rings (SSSR count). The molecule has 1 atom stereocenters. The maximum Gasteiger partial charge on any atom is 0.319 e. The van der Waals surface area contributed by atoms with Gasteiger partial charge < -0.3 is 4.74 Å². The Morgan fingerprint density at radius 2 is 1.95 bits per heavy atom. The van der Waals surface area contributed by atoms with Crippen LogP contribution in [-0.4, -0.2) is 18.4 Å². The largest absolute Gasteiger partial charge is 0.465 e. The molecule has 3 nitrogen and oxygen atoms in total. The van der Waals surface area contributed by atoms with Gasteiger partial charge in [0, 0.05) is 0 Å². The van der Waals surface area contributed by atoms with Crippen molar-refractivity contribution in [1.82, 2.24) is 0 Å². The molecule has 1 aromatic rings. The van der Waals surface area contributed by atoms with Crippen LogP contribution in [0.2, 0.25) is 0 Å². The fraction of sp³-hybridized carbons (Fsp3) is 0.353. The van der Waals surface area contributed by atoms with Gasteiger partial charge in [0.15, 0.2) is 0 Å². The summed E-state index contributed by atoms with van der Waals surface area (Å²) < 4.78 is 4.97. The SMILES string of the molecule is CCOC(=O)C(C)(CC=C=Cc1ccccc1)C(C)=O. The van der Waals surface area contributed by atoms with Crippen molar-refractivity contribution in [1.29, 1.82) is 0 Å². The Kier molecular flexibility index (Phi) is 5.95. The van der Waals surface area contributed by atoms with Crippen molar-refractivity contribution in [3.05, 3.63) is 47.7 Å². The number of Topliss-reactive ketones (excluding diaryl/α,β-unsaturated/α-hetero) is 1. The number of rotatable bonds is 6. The standard InChI is InChI=1S/C17H20O3/c1-4-20-16(19)17(3,14(2)18)13-9-8-12-15-10-6-5-7-11-15/h5-7,9-12H,4,13H2,1-3H3. The summed E-state index contributed by atoms with van der Waals surface area (Å²) in [5.74, 6) is -0.682. The van der Waals surface area contributed by atoms with Crippen LogP contribution in [-0.2, 0) is 14.3 Å². The molecule has 0 saturated carbocycles. The minimum Gasteiger partial charge on any atom is -0.465 e. The van der Waals surface area contributed by atoms with Gasteiger partial charge in [-0.05, 0) is 44.9 Å². The molecule has 1 aromatic carbocycles. The summed E-state index contributed by atoms with van der Waals surface area (Å²) in [6.45, 7) is 5.01. The number of allylic oxidation sites excluding steroid dienone is 1. The van der Waals surface area contributed by atoms with Crippen molar-refractivity contribution in [3.8, 4) is 0 Å². The number of benzene rings is 1. The van der Waals surface area contributed by atoms with Crippen LogP contribution in [0, 0.1) is 5.41 Å². The third kappa shape index (κ3) is 4.22. The first-order valence-electron chi connectivity index (χ1n) is 6.65. The Hall–Kier alpha value is -2.12. The van der Waals surface area contributed by atoms with E-state index in [1.807, 2.05) is 36.4 Å². The minimum absolute atomic E-state index is 0.200. The highest BCUT2D eigenvalue weighted by Gasteiger charge is 2.38. The van der Waals surface area contributed by atoms with E-state index < -0.39 is 11.4 Å². The lowest BCUT2D eigenvalue weighted by Crippen LogP contribution is -2.36. The second-order valence-electron chi connectivity index (χ2n) is 4.74. The summed E-state index contributed by atoms with van der Waals surface area (Å²) in [6.07, 6.45) is 3.79. The molecule has 20 heavy (non-hydrogen) atoms. The molecule has 0 spiro atoms. The van der Waals surface area contributed by atoms with E-state index in [2.05, 4.69) is 5.73 Å². The van der Waals surface area contributed by atoms with Crippen LogP contribution in [0.15, 0.2) is 42.1 Å². The average Bonchev–Trinajstić information content (AvgIpc) is 2.44. The number of ether oxygens (including phenoxy) is 1. The van der Waals surface area contributed by atoms with E-state index in [1.165, 1.54) is 6.92 Å². The number of esters is 1. The lowest BCUT2D eigenvalue weighted by Gasteiger charge is -2.22. The zero-order valence-electron chi connectivity index (χ0n) is 12.2. The summed E-state index contributed by atoms with van der Waals surface area (Å²) in [7, 11) is 0. The highest BCUT2D eigenvalue weighted by Crippen LogP contribution is 2.25. The molecule has 0 radical (unpaired) electrons. The maximum absolute atomic E-state index is 11.9. The highest BCUT2D eigenvalue weighted by molar-refractivity contribution is 6.02. The van der Waals surface area contributed by atoms with Crippen LogP contribution in [0.25, 0.3) is 6.08 Å². The van der Waals surface area contributed by atoms with Crippen LogP contribution in [0.1, 0.15) is 32.8 Å². The summed E-state index contributed by atoms with van der Waals surface area (Å²) >= 11 is 0. The number of hydrogen-bond acceptors (Lipinski definition) is 3. The van der Waals surface area contributed by atoms with Gasteiger partial charge in [-0.3, -0.25) is 9.59 Å². The van der Waals surface area contributed by atoms with Gasteiger partial charge in [-0.25, -0.2) is 0 Å². The predicted molar refractivity (Wildman–Crippen MR) is 79.0 cm³/mol. The van der Waals surface area contributed by atoms with E-state index in [1.54, 1.807) is 19.9 Å². The predicted octanol–water partition coefficient (Wildman–Crippen LogP) is 3.40. The molecule has 0 aliphatic carbocycles. The maximum atomic E-state index is 11.9. The van der Waals surface area contributed by atoms with Gasteiger partial charge in [0.25, 0.3) is 0 Å². The molecule has 0 bridgehead atoms. The third-order valence-corrected chi connectivity index (χ3v) is 3.18. The fourth-order valence-electron chi connectivity index (χ4n) is 1.63. The van der Waals surface area contributed by atoms with Gasteiger partial charge in [-0.15, -0.1) is 5.73 Å². The minimum atomic E-state index is -1.13. The summed E-state index contributed by atoms with van der Waals surface area (Å²) in [5.41, 5.74) is 2.89. The Bertz CT molecular complexity index is 524. The second-order valence-corrected chi connectivity index (χ2v) is 4.74. The topological polar surface area (TPSA) is 43.4 Å². The number of hydrogen-bond donors (Lipinski definition) is 0. The van der Waals surface area contributed by atoms with E-state index in [9.17, 15) is 9.59 Å². The lowest BCUT2D eigenvalue weighted by atomic mass is 9.83. The molecule has 0 aliphatic rings. The first kappa shape index (κ1) is 15.9. The molecule has 106 valence electrons. The molecular formula is C17H20O3. The molecule has 3 heteroatoms. The van der Waals surface area contributed by atoms with Crippen molar-refractivity contribution in [2.45, 2.75) is 27.2 Å². The van der Waals surface area contributed by atoms with Crippen molar-refractivity contribution in [2.75, 3.05) is 6.61 Å². The van der Waals surface area contributed by atoms with E-state index >= 15 is 0 Å². The number of carbonyl (C=O) groups excluding carboxylic acids is 2. The van der Waals surface area contributed by atoms with Crippen LogP contribution in [0.5, 0.6) is 0 Å². The molecule has 0 N–H and O–H groups in total. The molecule has 0 heterocycles. The van der Waals surface area contributed by atoms with Gasteiger partial charge in [-0.1, -0.05) is 30.3 Å². The van der Waals surface area contributed by atoms with Crippen molar-refractivity contribution in [3.63, 3.8) is 0 Å². The average molecular weight is 272 g/mol. The Morgan fingerprint density at radius 3 is 2.50 bits per heavy atom. The molecule has 0 amide bonds. The Morgan fingerprint density at radius 1 is 1.30 bits per heavy atom. The molecular weight excluding hydrogens is 252 g/mol.